The molecule has 0 amide bonds. The maximum Gasteiger partial charge on any atom is 0.150 e. The minimum absolute atomic E-state index is 0.185. The highest BCUT2D eigenvalue weighted by Crippen LogP contribution is 2.20. The van der Waals surface area contributed by atoms with E-state index < -0.39 is 23.8 Å². The second kappa shape index (κ2) is 3.15. The smallest absolute Gasteiger partial charge is 0.150 e. The molecule has 1 N–H and O–H groups in total. The largest absolute Gasteiger partial charge is 0.391 e. The van der Waals surface area contributed by atoms with E-state index in [1.807, 2.05) is 0 Å². The lowest BCUT2D eigenvalue weighted by Crippen LogP contribution is -1.95. The maximum absolute atomic E-state index is 12.7. The summed E-state index contributed by atoms with van der Waals surface area (Å²) < 4.78 is 25.3. The van der Waals surface area contributed by atoms with Gasteiger partial charge in [0, 0.05) is 0 Å². The van der Waals surface area contributed by atoms with Crippen molar-refractivity contribution in [2.45, 2.75) is 6.61 Å². The minimum atomic E-state index is -0.894. The summed E-state index contributed by atoms with van der Waals surface area (Å²) in [5, 5.41) is 8.30. The Labute approximate surface area is 67.2 Å². The quantitative estimate of drug-likeness (QED) is 0.653. The van der Waals surface area contributed by atoms with Crippen LogP contribution in [-0.4, -0.2) is 5.11 Å². The zero-order valence-electron chi connectivity index (χ0n) is 5.44. The lowest BCUT2D eigenvalue weighted by Gasteiger charge is -2.01. The van der Waals surface area contributed by atoms with Gasteiger partial charge in [-0.2, -0.15) is 0 Å². The third-order valence-electron chi connectivity index (χ3n) is 1.30. The first-order chi connectivity index (χ1) is 5.16. The summed E-state index contributed by atoms with van der Waals surface area (Å²) in [6.45, 7) is -0.682. The summed E-state index contributed by atoms with van der Waals surface area (Å²) in [6, 6.07) is 2.11. The van der Waals surface area contributed by atoms with Crippen LogP contribution in [0.2, 0.25) is 5.02 Å². The lowest BCUT2D eigenvalue weighted by molar-refractivity contribution is 0.269. The summed E-state index contributed by atoms with van der Waals surface area (Å²) in [5.74, 6) is -1.68. The van der Waals surface area contributed by atoms with E-state index in [-0.39, 0.29) is 5.02 Å². The topological polar surface area (TPSA) is 20.2 Å². The molecule has 4 heteroatoms. The van der Waals surface area contributed by atoms with Crippen molar-refractivity contribution in [2.75, 3.05) is 0 Å². The maximum atomic E-state index is 12.7. The summed E-state index contributed by atoms with van der Waals surface area (Å²) >= 11 is 5.31. The van der Waals surface area contributed by atoms with Gasteiger partial charge in [-0.05, 0) is 12.1 Å². The zero-order chi connectivity index (χ0) is 8.43. The molecule has 0 aliphatic carbocycles. The molecule has 1 nitrogen and oxygen atoms in total. The third-order valence-corrected chi connectivity index (χ3v) is 1.59. The van der Waals surface area contributed by atoms with Gasteiger partial charge in [0.25, 0.3) is 0 Å². The fraction of sp³-hybridized carbons (Fsp3) is 0.143. The van der Waals surface area contributed by atoms with Crippen molar-refractivity contribution in [3.8, 4) is 0 Å². The Morgan fingerprint density at radius 1 is 1.36 bits per heavy atom. The van der Waals surface area contributed by atoms with Crippen LogP contribution in [0.1, 0.15) is 5.56 Å². The van der Waals surface area contributed by atoms with E-state index in [9.17, 15) is 8.78 Å². The number of hydrogen-bond acceptors (Lipinski definition) is 1. The molecule has 1 aromatic carbocycles. The Hall–Kier alpha value is -0.670. The van der Waals surface area contributed by atoms with Gasteiger partial charge >= 0.3 is 0 Å². The second-order valence-electron chi connectivity index (χ2n) is 1.98. The van der Waals surface area contributed by atoms with Crippen LogP contribution in [0.25, 0.3) is 0 Å². The highest BCUT2D eigenvalue weighted by molar-refractivity contribution is 6.30. The molecule has 0 spiro atoms. The normalized spacial score (nSPS) is 10.2. The molecule has 0 saturated carbocycles. The van der Waals surface area contributed by atoms with Crippen LogP contribution >= 0.6 is 11.6 Å². The van der Waals surface area contributed by atoms with Gasteiger partial charge in [0.1, 0.15) is 11.6 Å². The van der Waals surface area contributed by atoms with Crippen molar-refractivity contribution in [2.24, 2.45) is 0 Å². The molecule has 1 rings (SSSR count). The molecule has 0 saturated heterocycles. The number of aliphatic hydroxyl groups is 1. The average molecular weight is 179 g/mol. The number of benzene rings is 1. The van der Waals surface area contributed by atoms with Gasteiger partial charge < -0.3 is 5.11 Å². The van der Waals surface area contributed by atoms with E-state index in [4.69, 9.17) is 16.7 Å². The average Bonchev–Trinajstić information content (AvgIpc) is 1.99. The number of rotatable bonds is 1. The van der Waals surface area contributed by atoms with Crippen LogP contribution in [-0.2, 0) is 6.61 Å². The van der Waals surface area contributed by atoms with Gasteiger partial charge in [-0.15, -0.1) is 0 Å². The van der Waals surface area contributed by atoms with Crippen molar-refractivity contribution in [1.82, 2.24) is 0 Å². The summed E-state index contributed by atoms with van der Waals surface area (Å²) in [4.78, 5) is 0. The van der Waals surface area contributed by atoms with Gasteiger partial charge in [-0.1, -0.05) is 11.6 Å². The molecule has 0 heterocycles. The van der Waals surface area contributed by atoms with E-state index in [0.717, 1.165) is 12.1 Å². The lowest BCUT2D eigenvalue weighted by atomic mass is 10.2. The molecule has 60 valence electrons. The van der Waals surface area contributed by atoms with Crippen molar-refractivity contribution in [3.63, 3.8) is 0 Å². The predicted molar refractivity (Wildman–Crippen MR) is 37.3 cm³/mol. The molecule has 0 bridgehead atoms. The van der Waals surface area contributed by atoms with Gasteiger partial charge in [0.05, 0.1) is 17.2 Å². The molecular weight excluding hydrogens is 174 g/mol. The summed E-state index contributed by atoms with van der Waals surface area (Å²) in [6.07, 6.45) is 0. The molecule has 0 fully saturated rings. The molecule has 0 atom stereocenters. The van der Waals surface area contributed by atoms with Gasteiger partial charge in [-0.3, -0.25) is 0 Å². The van der Waals surface area contributed by atoms with E-state index in [1.165, 1.54) is 0 Å². The number of aliphatic hydroxyl groups excluding tert-OH is 1. The Bertz CT molecular complexity index is 275. The second-order valence-corrected chi connectivity index (χ2v) is 2.39. The van der Waals surface area contributed by atoms with Gasteiger partial charge in [0.2, 0.25) is 0 Å². The number of halogens is 3. The van der Waals surface area contributed by atoms with E-state index >= 15 is 0 Å². The highest BCUT2D eigenvalue weighted by Gasteiger charge is 2.10. The Morgan fingerprint density at radius 3 is 2.45 bits per heavy atom. The molecular formula is C7H5ClF2O. The molecule has 0 unspecified atom stereocenters. The van der Waals surface area contributed by atoms with Gasteiger partial charge in [-0.25, -0.2) is 8.78 Å². The van der Waals surface area contributed by atoms with Crippen molar-refractivity contribution < 1.29 is 13.9 Å². The first-order valence-corrected chi connectivity index (χ1v) is 3.28. The van der Waals surface area contributed by atoms with E-state index in [0.29, 0.717) is 0 Å². The molecule has 0 aliphatic heterocycles. The molecule has 0 radical (unpaired) electrons. The highest BCUT2D eigenvalue weighted by atomic mass is 35.5. The van der Waals surface area contributed by atoms with Gasteiger partial charge in [0.15, 0.2) is 0 Å². The van der Waals surface area contributed by atoms with Crippen molar-refractivity contribution in [1.29, 1.82) is 0 Å². The first-order valence-electron chi connectivity index (χ1n) is 2.90. The monoisotopic (exact) mass is 178 g/mol. The number of hydrogen-bond donors (Lipinski definition) is 1. The summed E-state index contributed by atoms with van der Waals surface area (Å²) in [7, 11) is 0. The van der Waals surface area contributed by atoms with Crippen LogP contribution in [0.15, 0.2) is 12.1 Å². The zero-order valence-corrected chi connectivity index (χ0v) is 6.20. The Morgan fingerprint density at radius 2 is 2.00 bits per heavy atom. The third kappa shape index (κ3) is 1.49. The standard InChI is InChI=1S/C7H5ClF2O/c8-5-1-2-6(9)4(3-11)7(5)10/h1-2,11H,3H2. The van der Waals surface area contributed by atoms with Crippen LogP contribution in [0.4, 0.5) is 8.78 Å². The van der Waals surface area contributed by atoms with E-state index in [2.05, 4.69) is 0 Å². The van der Waals surface area contributed by atoms with Crippen molar-refractivity contribution in [3.05, 3.63) is 34.4 Å². The molecule has 0 aromatic heterocycles. The van der Waals surface area contributed by atoms with Crippen molar-refractivity contribution >= 4 is 11.6 Å². The van der Waals surface area contributed by atoms with Crippen LogP contribution < -0.4 is 0 Å². The van der Waals surface area contributed by atoms with Crippen LogP contribution in [0.3, 0.4) is 0 Å². The minimum Gasteiger partial charge on any atom is -0.391 e. The molecule has 0 aliphatic rings. The Balaban J connectivity index is 3.29. The molecule has 1 aromatic rings. The van der Waals surface area contributed by atoms with Crippen LogP contribution in [0.5, 0.6) is 0 Å². The Kier molecular flexibility index (Phi) is 2.42. The fourth-order valence-electron chi connectivity index (χ4n) is 0.714. The van der Waals surface area contributed by atoms with E-state index in [1.54, 1.807) is 0 Å². The SMILES string of the molecule is OCc1c(F)ccc(Cl)c1F. The van der Waals surface area contributed by atoms with Crippen LogP contribution in [0, 0.1) is 11.6 Å². The molecule has 11 heavy (non-hydrogen) atoms. The predicted octanol–water partition coefficient (Wildman–Crippen LogP) is 2.11. The first kappa shape index (κ1) is 8.43. The fourth-order valence-corrected chi connectivity index (χ4v) is 0.891. The summed E-state index contributed by atoms with van der Waals surface area (Å²) in [5.41, 5.74) is -0.391.